The summed E-state index contributed by atoms with van der Waals surface area (Å²) >= 11 is 8.48. The van der Waals surface area contributed by atoms with E-state index in [4.69, 9.17) is 11.6 Å². The summed E-state index contributed by atoms with van der Waals surface area (Å²) in [4.78, 5) is 11.7. The quantitative estimate of drug-likeness (QED) is 0.426. The molecule has 0 aliphatic heterocycles. The standard InChI is InChI=1S/C11H9BrClF3OS/c1-6(13)9(17)8-4-2-3-7(5-12)10(8)18-11(14,15)16/h2-4,6H,5H2,1H3. The Kier molecular flexibility index (Phi) is 5.55. The molecule has 0 heterocycles. The number of alkyl halides is 5. The molecule has 0 spiro atoms. The second kappa shape index (κ2) is 6.30. The Balaban J connectivity index is 3.29. The second-order valence-corrected chi connectivity index (χ2v) is 5.75. The molecule has 7 heteroatoms. The third kappa shape index (κ3) is 4.17. The van der Waals surface area contributed by atoms with Crippen molar-refractivity contribution in [2.24, 2.45) is 0 Å². The molecule has 0 saturated heterocycles. The van der Waals surface area contributed by atoms with E-state index >= 15 is 0 Å². The Morgan fingerprint density at radius 3 is 2.56 bits per heavy atom. The molecule has 1 aromatic carbocycles. The first kappa shape index (κ1) is 15.9. The van der Waals surface area contributed by atoms with Gasteiger partial charge in [0.1, 0.15) is 0 Å². The van der Waals surface area contributed by atoms with Crippen molar-refractivity contribution < 1.29 is 18.0 Å². The van der Waals surface area contributed by atoms with Gasteiger partial charge in [-0.15, -0.1) is 11.6 Å². The predicted octanol–water partition coefficient (Wildman–Crippen LogP) is 5.00. The van der Waals surface area contributed by atoms with Crippen LogP contribution in [0, 0.1) is 0 Å². The maximum absolute atomic E-state index is 12.5. The van der Waals surface area contributed by atoms with E-state index in [1.807, 2.05) is 0 Å². The lowest BCUT2D eigenvalue weighted by molar-refractivity contribution is -0.0328. The lowest BCUT2D eigenvalue weighted by atomic mass is 10.1. The van der Waals surface area contributed by atoms with Crippen LogP contribution in [0.5, 0.6) is 0 Å². The van der Waals surface area contributed by atoms with E-state index in [0.717, 1.165) is 0 Å². The van der Waals surface area contributed by atoms with Gasteiger partial charge in [0.25, 0.3) is 0 Å². The van der Waals surface area contributed by atoms with Crippen LogP contribution in [-0.2, 0) is 5.33 Å². The van der Waals surface area contributed by atoms with Crippen LogP contribution in [0.3, 0.4) is 0 Å². The summed E-state index contributed by atoms with van der Waals surface area (Å²) in [7, 11) is 0. The van der Waals surface area contributed by atoms with Crippen molar-refractivity contribution in [3.8, 4) is 0 Å². The molecule has 0 aliphatic carbocycles. The fourth-order valence-corrected chi connectivity index (χ4v) is 2.89. The lowest BCUT2D eigenvalue weighted by Gasteiger charge is -2.14. The minimum atomic E-state index is -4.44. The number of thioether (sulfide) groups is 1. The van der Waals surface area contributed by atoms with Crippen molar-refractivity contribution in [2.45, 2.75) is 28.0 Å². The van der Waals surface area contributed by atoms with Crippen molar-refractivity contribution in [2.75, 3.05) is 0 Å². The topological polar surface area (TPSA) is 17.1 Å². The van der Waals surface area contributed by atoms with E-state index in [-0.39, 0.29) is 27.6 Å². The fourth-order valence-electron chi connectivity index (χ4n) is 1.33. The van der Waals surface area contributed by atoms with Crippen LogP contribution in [-0.4, -0.2) is 16.7 Å². The third-order valence-corrected chi connectivity index (χ3v) is 3.81. The van der Waals surface area contributed by atoms with E-state index in [1.54, 1.807) is 12.1 Å². The molecule has 0 aromatic heterocycles. The van der Waals surface area contributed by atoms with Gasteiger partial charge in [-0.1, -0.05) is 34.1 Å². The van der Waals surface area contributed by atoms with Crippen molar-refractivity contribution in [1.82, 2.24) is 0 Å². The van der Waals surface area contributed by atoms with Crippen LogP contribution in [0.15, 0.2) is 23.1 Å². The SMILES string of the molecule is CC(Cl)C(=O)c1cccc(CBr)c1SC(F)(F)F. The Labute approximate surface area is 120 Å². The average molecular weight is 362 g/mol. The van der Waals surface area contributed by atoms with Crippen LogP contribution in [0.2, 0.25) is 0 Å². The number of halogens is 5. The van der Waals surface area contributed by atoms with Gasteiger partial charge in [-0.25, -0.2) is 0 Å². The summed E-state index contributed by atoms with van der Waals surface area (Å²) in [5.41, 5.74) is -4.01. The maximum atomic E-state index is 12.5. The predicted molar refractivity (Wildman–Crippen MR) is 70.6 cm³/mol. The zero-order valence-electron chi connectivity index (χ0n) is 9.22. The minimum Gasteiger partial charge on any atom is -0.292 e. The van der Waals surface area contributed by atoms with E-state index in [9.17, 15) is 18.0 Å². The van der Waals surface area contributed by atoms with Crippen LogP contribution in [0.4, 0.5) is 13.2 Å². The van der Waals surface area contributed by atoms with Gasteiger partial charge in [-0.3, -0.25) is 4.79 Å². The number of hydrogen-bond donors (Lipinski definition) is 0. The first-order valence-electron chi connectivity index (χ1n) is 4.88. The number of benzene rings is 1. The normalized spacial score (nSPS) is 13.4. The van der Waals surface area contributed by atoms with Crippen LogP contribution in [0.1, 0.15) is 22.8 Å². The van der Waals surface area contributed by atoms with Crippen LogP contribution in [0.25, 0.3) is 0 Å². The highest BCUT2D eigenvalue weighted by atomic mass is 79.9. The molecule has 0 amide bonds. The monoisotopic (exact) mass is 360 g/mol. The molecule has 1 atom stereocenters. The van der Waals surface area contributed by atoms with E-state index in [2.05, 4.69) is 15.9 Å². The van der Waals surface area contributed by atoms with Gasteiger partial charge in [0.05, 0.1) is 5.38 Å². The summed E-state index contributed by atoms with van der Waals surface area (Å²) in [6, 6.07) is 4.45. The number of hydrogen-bond acceptors (Lipinski definition) is 2. The van der Waals surface area contributed by atoms with Gasteiger partial charge >= 0.3 is 5.51 Å². The van der Waals surface area contributed by atoms with E-state index in [0.29, 0.717) is 5.56 Å². The summed E-state index contributed by atoms with van der Waals surface area (Å²) in [6.07, 6.45) is 0. The van der Waals surface area contributed by atoms with Gasteiger partial charge in [-0.05, 0) is 24.2 Å². The number of ketones is 1. The van der Waals surface area contributed by atoms with Gasteiger partial charge in [-0.2, -0.15) is 13.2 Å². The summed E-state index contributed by atoms with van der Waals surface area (Å²) in [5, 5.41) is -0.619. The molecule has 0 fully saturated rings. The Bertz CT molecular complexity index is 448. The molecule has 0 saturated carbocycles. The van der Waals surface area contributed by atoms with Crippen molar-refractivity contribution in [3.63, 3.8) is 0 Å². The average Bonchev–Trinajstić information content (AvgIpc) is 2.26. The Hall–Kier alpha value is -0.200. The van der Waals surface area contributed by atoms with E-state index in [1.165, 1.54) is 13.0 Å². The van der Waals surface area contributed by atoms with Gasteiger partial charge in [0.15, 0.2) is 5.78 Å². The largest absolute Gasteiger partial charge is 0.446 e. The molecular formula is C11H9BrClF3OS. The molecule has 1 unspecified atom stereocenters. The lowest BCUT2D eigenvalue weighted by Crippen LogP contribution is -2.14. The van der Waals surface area contributed by atoms with Crippen molar-refractivity contribution in [1.29, 1.82) is 0 Å². The molecule has 1 rings (SSSR count). The fraction of sp³-hybridized carbons (Fsp3) is 0.364. The van der Waals surface area contributed by atoms with Crippen LogP contribution < -0.4 is 0 Å². The molecule has 0 N–H and O–H groups in total. The molecule has 0 aliphatic rings. The third-order valence-electron chi connectivity index (χ3n) is 2.09. The summed E-state index contributed by atoms with van der Waals surface area (Å²) in [5.74, 6) is -0.508. The van der Waals surface area contributed by atoms with Gasteiger partial charge in [0, 0.05) is 15.8 Å². The number of carbonyl (C=O) groups excluding carboxylic acids is 1. The zero-order valence-corrected chi connectivity index (χ0v) is 12.4. The molecule has 18 heavy (non-hydrogen) atoms. The minimum absolute atomic E-state index is 0.0109. The molecule has 0 radical (unpaired) electrons. The van der Waals surface area contributed by atoms with Gasteiger partial charge in [0.2, 0.25) is 0 Å². The van der Waals surface area contributed by atoms with Crippen molar-refractivity contribution >= 4 is 45.1 Å². The Morgan fingerprint density at radius 1 is 1.50 bits per heavy atom. The maximum Gasteiger partial charge on any atom is 0.446 e. The molecule has 0 bridgehead atoms. The van der Waals surface area contributed by atoms with Gasteiger partial charge < -0.3 is 0 Å². The molecule has 1 aromatic rings. The summed E-state index contributed by atoms with van der Waals surface area (Å²) < 4.78 is 37.5. The molecule has 100 valence electrons. The number of rotatable bonds is 4. The molecule has 1 nitrogen and oxygen atoms in total. The number of Topliss-reactive ketones (excluding diaryl/α,β-unsaturated/α-hetero) is 1. The molecular weight excluding hydrogens is 353 g/mol. The first-order chi connectivity index (χ1) is 8.26. The number of carbonyl (C=O) groups is 1. The summed E-state index contributed by atoms with van der Waals surface area (Å²) in [6.45, 7) is 1.44. The second-order valence-electron chi connectivity index (χ2n) is 3.46. The zero-order chi connectivity index (χ0) is 13.9. The highest BCUT2D eigenvalue weighted by Crippen LogP contribution is 2.41. The van der Waals surface area contributed by atoms with Crippen LogP contribution >= 0.6 is 39.3 Å². The van der Waals surface area contributed by atoms with E-state index < -0.39 is 16.7 Å². The highest BCUT2D eigenvalue weighted by Gasteiger charge is 2.33. The smallest absolute Gasteiger partial charge is 0.292 e. The first-order valence-corrected chi connectivity index (χ1v) is 7.25. The van der Waals surface area contributed by atoms with Crippen molar-refractivity contribution in [3.05, 3.63) is 29.3 Å². The highest BCUT2D eigenvalue weighted by molar-refractivity contribution is 9.08. The Morgan fingerprint density at radius 2 is 2.11 bits per heavy atom.